The van der Waals surface area contributed by atoms with E-state index in [4.69, 9.17) is 0 Å². The first-order valence-corrected chi connectivity index (χ1v) is 13.2. The lowest BCUT2D eigenvalue weighted by molar-refractivity contribution is 0.404. The molecule has 0 bridgehead atoms. The summed E-state index contributed by atoms with van der Waals surface area (Å²) in [6, 6.07) is 3.40. The maximum absolute atomic E-state index is 13.0. The van der Waals surface area contributed by atoms with Gasteiger partial charge in [-0.15, -0.1) is 22.7 Å². The second-order valence-corrected chi connectivity index (χ2v) is 13.5. The van der Waals surface area contributed by atoms with Crippen molar-refractivity contribution in [3.63, 3.8) is 0 Å². The fourth-order valence-electron chi connectivity index (χ4n) is 3.36. The number of nitrogens with zero attached hydrogens (tertiary/aromatic N) is 2. The molecule has 0 amide bonds. The molecule has 0 saturated carbocycles. The highest BCUT2D eigenvalue weighted by atomic mass is 32.2. The van der Waals surface area contributed by atoms with Crippen molar-refractivity contribution in [3.05, 3.63) is 31.6 Å². The van der Waals surface area contributed by atoms with Gasteiger partial charge >= 0.3 is 0 Å². The van der Waals surface area contributed by atoms with E-state index in [1.54, 1.807) is 26.0 Å². The van der Waals surface area contributed by atoms with Gasteiger partial charge in [0.1, 0.15) is 0 Å². The van der Waals surface area contributed by atoms with E-state index in [1.807, 2.05) is 13.8 Å². The summed E-state index contributed by atoms with van der Waals surface area (Å²) in [7, 11) is -7.22. The summed E-state index contributed by atoms with van der Waals surface area (Å²) in [4.78, 5) is 4.12. The van der Waals surface area contributed by atoms with Gasteiger partial charge in [-0.05, 0) is 46.2 Å². The molecule has 1 saturated heterocycles. The molecule has 1 fully saturated rings. The molecular formula is C17H24N2O4S4. The normalized spacial score (nSPS) is 17.9. The van der Waals surface area contributed by atoms with Gasteiger partial charge in [0.05, 0.1) is 9.79 Å². The van der Waals surface area contributed by atoms with Crippen molar-refractivity contribution in [1.82, 2.24) is 8.61 Å². The van der Waals surface area contributed by atoms with Crippen LogP contribution in [0, 0.1) is 27.7 Å². The first kappa shape index (κ1) is 20.9. The summed E-state index contributed by atoms with van der Waals surface area (Å²) in [6.45, 7) is 8.36. The Labute approximate surface area is 169 Å². The molecule has 0 N–H and O–H groups in total. The van der Waals surface area contributed by atoms with Gasteiger partial charge in [0.25, 0.3) is 0 Å². The van der Waals surface area contributed by atoms with Crippen LogP contribution in [0.3, 0.4) is 0 Å². The Morgan fingerprint density at radius 1 is 0.704 bits per heavy atom. The van der Waals surface area contributed by atoms with Gasteiger partial charge in [-0.2, -0.15) is 8.61 Å². The Morgan fingerprint density at radius 2 is 1.07 bits per heavy atom. The predicted molar refractivity (Wildman–Crippen MR) is 110 cm³/mol. The molecule has 1 aliphatic heterocycles. The van der Waals surface area contributed by atoms with Crippen LogP contribution in [-0.4, -0.2) is 51.6 Å². The summed E-state index contributed by atoms with van der Waals surface area (Å²) < 4.78 is 54.9. The van der Waals surface area contributed by atoms with Crippen molar-refractivity contribution in [2.24, 2.45) is 0 Å². The number of hydrogen-bond acceptors (Lipinski definition) is 6. The van der Waals surface area contributed by atoms with E-state index in [1.165, 1.54) is 31.3 Å². The topological polar surface area (TPSA) is 74.8 Å². The standard InChI is InChI=1S/C17H24N2O4S4/c1-12-10-16(14(3)24-12)26(20,21)18-6-5-7-19(9-8-18)27(22,23)17-11-13(2)25-15(17)4/h10-11H,5-9H2,1-4H3. The molecule has 150 valence electrons. The summed E-state index contributed by atoms with van der Waals surface area (Å²) >= 11 is 2.92. The monoisotopic (exact) mass is 448 g/mol. The SMILES string of the molecule is Cc1cc(S(=O)(=O)N2CCCN(S(=O)(=O)c3cc(C)sc3C)CC2)c(C)s1. The highest BCUT2D eigenvalue weighted by Crippen LogP contribution is 2.30. The number of hydrogen-bond donors (Lipinski definition) is 0. The van der Waals surface area contributed by atoms with Gasteiger partial charge in [0.15, 0.2) is 0 Å². The molecule has 27 heavy (non-hydrogen) atoms. The van der Waals surface area contributed by atoms with E-state index < -0.39 is 20.0 Å². The molecule has 0 spiro atoms. The van der Waals surface area contributed by atoms with Gasteiger partial charge in [-0.1, -0.05) is 0 Å². The van der Waals surface area contributed by atoms with Crippen molar-refractivity contribution >= 4 is 42.7 Å². The summed E-state index contributed by atoms with van der Waals surface area (Å²) in [5.41, 5.74) is 0. The molecular weight excluding hydrogens is 424 g/mol. The van der Waals surface area contributed by atoms with Gasteiger partial charge < -0.3 is 0 Å². The molecule has 6 nitrogen and oxygen atoms in total. The highest BCUT2D eigenvalue weighted by Gasteiger charge is 2.33. The molecule has 2 aromatic heterocycles. The minimum absolute atomic E-state index is 0.165. The minimum atomic E-state index is -3.61. The lowest BCUT2D eigenvalue weighted by Gasteiger charge is -2.21. The second kappa shape index (κ2) is 7.57. The maximum Gasteiger partial charge on any atom is 0.244 e. The van der Waals surface area contributed by atoms with Crippen LogP contribution in [0.5, 0.6) is 0 Å². The molecule has 0 aromatic carbocycles. The van der Waals surface area contributed by atoms with E-state index in [9.17, 15) is 16.8 Å². The molecule has 0 aliphatic carbocycles. The van der Waals surface area contributed by atoms with Crippen LogP contribution in [0.2, 0.25) is 0 Å². The van der Waals surface area contributed by atoms with Crippen LogP contribution < -0.4 is 0 Å². The molecule has 0 atom stereocenters. The van der Waals surface area contributed by atoms with Crippen LogP contribution >= 0.6 is 22.7 Å². The van der Waals surface area contributed by atoms with Crippen LogP contribution in [0.25, 0.3) is 0 Å². The molecule has 0 unspecified atom stereocenters. The zero-order chi connectivity index (χ0) is 20.0. The number of aryl methyl sites for hydroxylation is 4. The average Bonchev–Trinajstić information content (AvgIpc) is 2.97. The average molecular weight is 449 g/mol. The lowest BCUT2D eigenvalue weighted by atomic mass is 10.4. The smallest absolute Gasteiger partial charge is 0.207 e. The molecule has 0 radical (unpaired) electrons. The Bertz CT molecular complexity index is 967. The minimum Gasteiger partial charge on any atom is -0.207 e. The second-order valence-electron chi connectivity index (χ2n) is 6.72. The van der Waals surface area contributed by atoms with E-state index in [0.717, 1.165) is 19.5 Å². The first-order valence-electron chi connectivity index (χ1n) is 8.68. The zero-order valence-electron chi connectivity index (χ0n) is 15.9. The zero-order valence-corrected chi connectivity index (χ0v) is 19.1. The van der Waals surface area contributed by atoms with Crippen molar-refractivity contribution < 1.29 is 16.8 Å². The third-order valence-electron chi connectivity index (χ3n) is 4.64. The largest absolute Gasteiger partial charge is 0.244 e. The van der Waals surface area contributed by atoms with Crippen LogP contribution in [-0.2, 0) is 20.0 Å². The fraction of sp³-hybridized carbons (Fsp3) is 0.529. The van der Waals surface area contributed by atoms with Gasteiger partial charge in [-0.3, -0.25) is 0 Å². The van der Waals surface area contributed by atoms with Crippen LogP contribution in [0.1, 0.15) is 25.9 Å². The van der Waals surface area contributed by atoms with Gasteiger partial charge in [-0.25, -0.2) is 16.8 Å². The third kappa shape index (κ3) is 4.01. The maximum atomic E-state index is 13.0. The first-order chi connectivity index (χ1) is 12.5. The Balaban J connectivity index is 1.83. The third-order valence-corrected chi connectivity index (χ3v) is 10.9. The quantitative estimate of drug-likeness (QED) is 0.720. The van der Waals surface area contributed by atoms with E-state index in [2.05, 4.69) is 0 Å². The predicted octanol–water partition coefficient (Wildman–Crippen LogP) is 3.13. The Hall–Kier alpha value is -0.780. The summed E-state index contributed by atoms with van der Waals surface area (Å²) in [6.07, 6.45) is 0.475. The number of rotatable bonds is 4. The molecule has 3 rings (SSSR count). The Kier molecular flexibility index (Phi) is 5.87. The molecule has 10 heteroatoms. The number of thiophene rings is 2. The molecule has 3 heterocycles. The van der Waals surface area contributed by atoms with E-state index >= 15 is 0 Å². The van der Waals surface area contributed by atoms with E-state index in [-0.39, 0.29) is 13.1 Å². The van der Waals surface area contributed by atoms with Crippen LogP contribution in [0.15, 0.2) is 21.9 Å². The van der Waals surface area contributed by atoms with Crippen molar-refractivity contribution in [1.29, 1.82) is 0 Å². The molecule has 2 aromatic rings. The fourth-order valence-corrected chi connectivity index (χ4v) is 9.34. The summed E-state index contributed by atoms with van der Waals surface area (Å²) in [5, 5.41) is 0. The van der Waals surface area contributed by atoms with Crippen molar-refractivity contribution in [2.75, 3.05) is 26.2 Å². The van der Waals surface area contributed by atoms with Crippen molar-refractivity contribution in [2.45, 2.75) is 43.9 Å². The highest BCUT2D eigenvalue weighted by molar-refractivity contribution is 7.89. The number of sulfonamides is 2. The van der Waals surface area contributed by atoms with Gasteiger partial charge in [0, 0.05) is 45.7 Å². The Morgan fingerprint density at radius 3 is 1.37 bits per heavy atom. The molecule has 1 aliphatic rings. The van der Waals surface area contributed by atoms with Crippen molar-refractivity contribution in [3.8, 4) is 0 Å². The summed E-state index contributed by atoms with van der Waals surface area (Å²) in [5.74, 6) is 0. The van der Waals surface area contributed by atoms with Gasteiger partial charge in [0.2, 0.25) is 20.0 Å². The van der Waals surface area contributed by atoms with E-state index in [0.29, 0.717) is 29.3 Å². The van der Waals surface area contributed by atoms with Crippen LogP contribution in [0.4, 0.5) is 0 Å². The lowest BCUT2D eigenvalue weighted by Crippen LogP contribution is -2.37.